The van der Waals surface area contributed by atoms with Gasteiger partial charge in [0.15, 0.2) is 0 Å². The Morgan fingerprint density at radius 2 is 2.31 bits per heavy atom. The van der Waals surface area contributed by atoms with Crippen LogP contribution in [0.1, 0.15) is 10.5 Å². The number of aromatic nitrogens is 2. The number of pyridine rings is 1. The number of carbonyl (C=O) groups is 1. The molecule has 0 unspecified atom stereocenters. The van der Waals surface area contributed by atoms with E-state index in [0.29, 0.717) is 11.4 Å². The molecule has 0 spiro atoms. The Hall–Kier alpha value is -2.44. The molecule has 2 aliphatic heterocycles. The molecule has 82 valence electrons. The molecule has 7 heteroatoms. The van der Waals surface area contributed by atoms with Gasteiger partial charge in [0.1, 0.15) is 11.5 Å². The summed E-state index contributed by atoms with van der Waals surface area (Å²) < 4.78 is 0. The van der Waals surface area contributed by atoms with Gasteiger partial charge in [0.25, 0.3) is 11.6 Å². The van der Waals surface area contributed by atoms with Gasteiger partial charge in [-0.3, -0.25) is 14.9 Å². The summed E-state index contributed by atoms with van der Waals surface area (Å²) in [6, 6.07) is 2.86. The minimum atomic E-state index is -0.511. The van der Waals surface area contributed by atoms with Crippen molar-refractivity contribution in [1.29, 1.82) is 0 Å². The van der Waals surface area contributed by atoms with Gasteiger partial charge in [-0.25, -0.2) is 4.98 Å². The Morgan fingerprint density at radius 1 is 1.56 bits per heavy atom. The van der Waals surface area contributed by atoms with Crippen molar-refractivity contribution in [2.75, 3.05) is 7.05 Å². The molecule has 0 bridgehead atoms. The third kappa shape index (κ3) is 1.58. The number of hydrogen-bond donors (Lipinski definition) is 2. The second kappa shape index (κ2) is 3.61. The van der Waals surface area contributed by atoms with Crippen LogP contribution in [0.25, 0.3) is 11.4 Å². The highest BCUT2D eigenvalue weighted by atomic mass is 16.6. The van der Waals surface area contributed by atoms with Crippen molar-refractivity contribution in [3.63, 3.8) is 0 Å². The van der Waals surface area contributed by atoms with E-state index in [4.69, 9.17) is 0 Å². The molecule has 0 aromatic heterocycles. The number of nitrogens with zero attached hydrogens (tertiary/aromatic N) is 2. The summed E-state index contributed by atoms with van der Waals surface area (Å²) >= 11 is 0. The fourth-order valence-electron chi connectivity index (χ4n) is 1.35. The lowest BCUT2D eigenvalue weighted by atomic mass is 10.2. The number of hydrogen-bond acceptors (Lipinski definition) is 4. The smallest absolute Gasteiger partial charge is 0.286 e. The highest BCUT2D eigenvalue weighted by Gasteiger charge is 2.17. The standard InChI is InChI=1S/C9H8N4O3/c1-10-9(14)7-3-5-2-6(13(15)16)4-11-8(5)12-7/h2-4H,1H3,(H,10,14)(H,11,12). The Kier molecular flexibility index (Phi) is 2.28. The minimum absolute atomic E-state index is 0.0663. The number of amides is 1. The first-order valence-electron chi connectivity index (χ1n) is 4.47. The van der Waals surface area contributed by atoms with Gasteiger partial charge < -0.3 is 10.3 Å². The molecule has 0 aliphatic carbocycles. The van der Waals surface area contributed by atoms with E-state index in [2.05, 4.69) is 15.3 Å². The van der Waals surface area contributed by atoms with Crippen LogP contribution >= 0.6 is 0 Å². The summed E-state index contributed by atoms with van der Waals surface area (Å²) in [6.07, 6.45) is 1.24. The van der Waals surface area contributed by atoms with E-state index in [1.54, 1.807) is 0 Å². The van der Waals surface area contributed by atoms with Crippen LogP contribution in [0.3, 0.4) is 0 Å². The predicted molar refractivity (Wildman–Crippen MR) is 55.3 cm³/mol. The molecule has 0 saturated carbocycles. The largest absolute Gasteiger partial charge is 0.354 e. The van der Waals surface area contributed by atoms with Crippen LogP contribution in [0.5, 0.6) is 0 Å². The number of nitro groups is 1. The molecule has 0 radical (unpaired) electrons. The summed E-state index contributed by atoms with van der Waals surface area (Å²) in [5, 5.41) is 13.0. The maximum Gasteiger partial charge on any atom is 0.286 e. The van der Waals surface area contributed by atoms with Crippen LogP contribution < -0.4 is 5.32 Å². The predicted octanol–water partition coefficient (Wildman–Crippen LogP) is 0.782. The Balaban J connectivity index is 2.51. The minimum Gasteiger partial charge on any atom is -0.354 e. The van der Waals surface area contributed by atoms with Gasteiger partial charge in [0.2, 0.25) is 0 Å². The third-order valence-corrected chi connectivity index (χ3v) is 2.13. The molecule has 16 heavy (non-hydrogen) atoms. The van der Waals surface area contributed by atoms with E-state index >= 15 is 0 Å². The highest BCUT2D eigenvalue weighted by molar-refractivity contribution is 5.94. The second-order valence-corrected chi connectivity index (χ2v) is 3.14. The molecule has 2 rings (SSSR count). The highest BCUT2D eigenvalue weighted by Crippen LogP contribution is 2.24. The third-order valence-electron chi connectivity index (χ3n) is 2.13. The topological polar surface area (TPSA) is 101 Å². The molecule has 0 aromatic rings. The summed E-state index contributed by atoms with van der Waals surface area (Å²) in [7, 11) is 1.49. The molecule has 0 fully saturated rings. The Labute approximate surface area is 90.0 Å². The molecular formula is C9H8N4O3. The number of fused-ring (bicyclic) bond motifs is 1. The lowest BCUT2D eigenvalue weighted by Gasteiger charge is -1.95. The van der Waals surface area contributed by atoms with Crippen LogP contribution in [0.4, 0.5) is 5.69 Å². The second-order valence-electron chi connectivity index (χ2n) is 3.14. The first-order valence-corrected chi connectivity index (χ1v) is 4.47. The maximum atomic E-state index is 11.3. The van der Waals surface area contributed by atoms with Crippen LogP contribution in [0, 0.1) is 10.1 Å². The number of H-pyrrole nitrogens is 1. The molecule has 2 N–H and O–H groups in total. The molecule has 0 atom stereocenters. The summed E-state index contributed by atoms with van der Waals surface area (Å²) in [4.78, 5) is 28.0. The van der Waals surface area contributed by atoms with Crippen molar-refractivity contribution in [3.05, 3.63) is 34.1 Å². The van der Waals surface area contributed by atoms with E-state index in [9.17, 15) is 14.9 Å². The molecule has 7 nitrogen and oxygen atoms in total. The van der Waals surface area contributed by atoms with Crippen molar-refractivity contribution in [3.8, 4) is 11.4 Å². The number of rotatable bonds is 2. The van der Waals surface area contributed by atoms with Gasteiger partial charge in [-0.2, -0.15) is 0 Å². The van der Waals surface area contributed by atoms with Crippen molar-refractivity contribution in [2.24, 2.45) is 0 Å². The van der Waals surface area contributed by atoms with Crippen LogP contribution in [-0.2, 0) is 0 Å². The fraction of sp³-hybridized carbons (Fsp3) is 0.111. The zero-order chi connectivity index (χ0) is 11.7. The van der Waals surface area contributed by atoms with Gasteiger partial charge in [0.05, 0.1) is 11.1 Å². The average molecular weight is 220 g/mol. The van der Waals surface area contributed by atoms with Gasteiger partial charge in [0, 0.05) is 18.7 Å². The Bertz CT molecular complexity index is 534. The molecule has 0 saturated heterocycles. The molecular weight excluding hydrogens is 212 g/mol. The van der Waals surface area contributed by atoms with Gasteiger partial charge in [-0.1, -0.05) is 0 Å². The molecule has 2 aliphatic rings. The van der Waals surface area contributed by atoms with Crippen LogP contribution in [0.15, 0.2) is 18.3 Å². The zero-order valence-electron chi connectivity index (χ0n) is 8.35. The fourth-order valence-corrected chi connectivity index (χ4v) is 1.35. The van der Waals surface area contributed by atoms with E-state index in [0.717, 1.165) is 0 Å². The van der Waals surface area contributed by atoms with Crippen molar-refractivity contribution in [2.45, 2.75) is 0 Å². The van der Waals surface area contributed by atoms with Crippen molar-refractivity contribution >= 4 is 11.6 Å². The van der Waals surface area contributed by atoms with Gasteiger partial charge in [-0.05, 0) is 6.07 Å². The van der Waals surface area contributed by atoms with E-state index in [1.165, 1.54) is 25.4 Å². The van der Waals surface area contributed by atoms with E-state index in [1.807, 2.05) is 0 Å². The molecule has 2 heterocycles. The lowest BCUT2D eigenvalue weighted by Crippen LogP contribution is -2.17. The van der Waals surface area contributed by atoms with Crippen LogP contribution in [-0.4, -0.2) is 27.8 Å². The maximum absolute atomic E-state index is 11.3. The van der Waals surface area contributed by atoms with Gasteiger partial charge >= 0.3 is 0 Å². The zero-order valence-corrected chi connectivity index (χ0v) is 8.35. The Morgan fingerprint density at radius 3 is 2.94 bits per heavy atom. The molecule has 1 amide bonds. The van der Waals surface area contributed by atoms with E-state index in [-0.39, 0.29) is 17.3 Å². The van der Waals surface area contributed by atoms with Crippen molar-refractivity contribution < 1.29 is 9.72 Å². The SMILES string of the molecule is CNC(=O)c1cc2cc([N+](=O)[O-])c[nH]c-2n1. The number of nitrogens with one attached hydrogen (secondary N) is 2. The van der Waals surface area contributed by atoms with Gasteiger partial charge in [-0.15, -0.1) is 0 Å². The number of carbonyl (C=O) groups excluding carboxylic acids is 1. The first-order chi connectivity index (χ1) is 7.61. The average Bonchev–Trinajstić information content (AvgIpc) is 2.70. The number of aromatic amines is 1. The summed E-state index contributed by atoms with van der Waals surface area (Å²) in [5.74, 6) is 0.122. The summed E-state index contributed by atoms with van der Waals surface area (Å²) in [5.41, 5.74) is 0.699. The summed E-state index contributed by atoms with van der Waals surface area (Å²) in [6.45, 7) is 0. The lowest BCUT2D eigenvalue weighted by molar-refractivity contribution is -0.385. The molecule has 0 aromatic carbocycles. The normalized spacial score (nSPS) is 10.3. The van der Waals surface area contributed by atoms with Crippen LogP contribution in [0.2, 0.25) is 0 Å². The van der Waals surface area contributed by atoms with E-state index < -0.39 is 4.92 Å². The quantitative estimate of drug-likeness (QED) is 0.576. The monoisotopic (exact) mass is 220 g/mol. The van der Waals surface area contributed by atoms with Crippen molar-refractivity contribution in [1.82, 2.24) is 15.3 Å². The first kappa shape index (κ1) is 10.1.